The van der Waals surface area contributed by atoms with Gasteiger partial charge < -0.3 is 15.0 Å². The van der Waals surface area contributed by atoms with Crippen molar-refractivity contribution in [2.45, 2.75) is 44.4 Å². The highest BCUT2D eigenvalue weighted by Crippen LogP contribution is 2.21. The third-order valence-corrected chi connectivity index (χ3v) is 4.71. The van der Waals surface area contributed by atoms with Crippen LogP contribution in [0.15, 0.2) is 0 Å². The normalized spacial score (nSPS) is 32.8. The average Bonchev–Trinajstić information content (AvgIpc) is 2.77. The molecule has 0 radical (unpaired) electrons. The number of carbonyl (C=O) groups is 1. The van der Waals surface area contributed by atoms with Crippen molar-refractivity contribution in [3.8, 4) is 0 Å². The van der Waals surface area contributed by atoms with Crippen LogP contribution in [0, 0.1) is 0 Å². The molecule has 0 aromatic carbocycles. The van der Waals surface area contributed by atoms with E-state index < -0.39 is 0 Å². The monoisotopic (exact) mass is 339 g/mol. The van der Waals surface area contributed by atoms with Crippen molar-refractivity contribution in [3.63, 3.8) is 0 Å². The van der Waals surface area contributed by atoms with E-state index in [-0.39, 0.29) is 36.8 Å². The smallest absolute Gasteiger partial charge is 0.253 e. The van der Waals surface area contributed by atoms with Crippen LogP contribution in [-0.2, 0) is 9.53 Å². The van der Waals surface area contributed by atoms with Crippen molar-refractivity contribution < 1.29 is 9.53 Å². The van der Waals surface area contributed by atoms with Crippen LogP contribution in [0.2, 0.25) is 0 Å². The maximum atomic E-state index is 12.6. The van der Waals surface area contributed by atoms with E-state index in [9.17, 15) is 4.79 Å². The Balaban J connectivity index is 0.00000110. The number of nitrogens with one attached hydrogen (secondary N) is 1. The second-order valence-electron chi connectivity index (χ2n) is 5.96. The molecule has 3 aliphatic rings. The molecule has 0 spiro atoms. The van der Waals surface area contributed by atoms with E-state index in [0.29, 0.717) is 18.7 Å². The van der Waals surface area contributed by atoms with E-state index in [4.69, 9.17) is 4.74 Å². The van der Waals surface area contributed by atoms with E-state index >= 15 is 0 Å². The fourth-order valence-electron chi connectivity index (χ4n) is 3.49. The fraction of sp³-hybridized carbons (Fsp3) is 0.929. The molecule has 3 heterocycles. The molecule has 124 valence electrons. The van der Waals surface area contributed by atoms with Crippen LogP contribution in [-0.4, -0.2) is 73.2 Å². The van der Waals surface area contributed by atoms with Crippen LogP contribution in [0.25, 0.3) is 0 Å². The van der Waals surface area contributed by atoms with Gasteiger partial charge in [0.15, 0.2) is 0 Å². The molecule has 3 aliphatic heterocycles. The van der Waals surface area contributed by atoms with Crippen molar-refractivity contribution in [1.29, 1.82) is 0 Å². The first-order valence-corrected chi connectivity index (χ1v) is 7.65. The summed E-state index contributed by atoms with van der Waals surface area (Å²) in [4.78, 5) is 16.9. The number of likely N-dealkylation sites (N-methyl/N-ethyl adjacent to an activating group) is 1. The largest absolute Gasteiger partial charge is 0.366 e. The summed E-state index contributed by atoms with van der Waals surface area (Å²) in [6.07, 6.45) is 3.33. The predicted octanol–water partition coefficient (Wildman–Crippen LogP) is 0.904. The summed E-state index contributed by atoms with van der Waals surface area (Å²) in [5.41, 5.74) is 0. The highest BCUT2D eigenvalue weighted by Gasteiger charge is 2.35. The van der Waals surface area contributed by atoms with E-state index in [1.165, 1.54) is 12.8 Å². The zero-order valence-corrected chi connectivity index (χ0v) is 14.3. The van der Waals surface area contributed by atoms with Gasteiger partial charge in [0.05, 0.1) is 6.61 Å². The second-order valence-corrected chi connectivity index (χ2v) is 5.96. The summed E-state index contributed by atoms with van der Waals surface area (Å²) in [5, 5.41) is 3.62. The average molecular weight is 340 g/mol. The Kier molecular flexibility index (Phi) is 7.71. The topological polar surface area (TPSA) is 44.8 Å². The molecule has 1 amide bonds. The fourth-order valence-corrected chi connectivity index (χ4v) is 3.49. The minimum atomic E-state index is -0.245. The third kappa shape index (κ3) is 4.45. The minimum Gasteiger partial charge on any atom is -0.366 e. The lowest BCUT2D eigenvalue weighted by molar-refractivity contribution is -0.149. The molecule has 0 aliphatic carbocycles. The first-order chi connectivity index (χ1) is 9.26. The second kappa shape index (κ2) is 8.53. The first-order valence-electron chi connectivity index (χ1n) is 7.65. The quantitative estimate of drug-likeness (QED) is 0.812. The molecule has 21 heavy (non-hydrogen) atoms. The number of carbonyl (C=O) groups excluding carboxylic acids is 1. The summed E-state index contributed by atoms with van der Waals surface area (Å²) in [7, 11) is 0. The van der Waals surface area contributed by atoms with Gasteiger partial charge in [-0.25, -0.2) is 0 Å². The number of nitrogens with zero attached hydrogens (tertiary/aromatic N) is 2. The molecule has 3 saturated heterocycles. The minimum absolute atomic E-state index is 0. The first kappa shape index (κ1) is 19.0. The van der Waals surface area contributed by atoms with Gasteiger partial charge in [-0.2, -0.15) is 0 Å². The molecule has 2 bridgehead atoms. The molecule has 7 heteroatoms. The number of ether oxygens (including phenoxy) is 1. The van der Waals surface area contributed by atoms with Gasteiger partial charge in [0, 0.05) is 38.3 Å². The molecule has 5 nitrogen and oxygen atoms in total. The molecule has 3 rings (SSSR count). The van der Waals surface area contributed by atoms with Crippen molar-refractivity contribution in [2.24, 2.45) is 0 Å². The Morgan fingerprint density at radius 1 is 1.14 bits per heavy atom. The van der Waals surface area contributed by atoms with E-state index in [1.807, 2.05) is 4.90 Å². The molecular weight excluding hydrogens is 313 g/mol. The number of fused-ring (bicyclic) bond motifs is 2. The van der Waals surface area contributed by atoms with Crippen LogP contribution in [0.3, 0.4) is 0 Å². The van der Waals surface area contributed by atoms with Crippen LogP contribution >= 0.6 is 24.8 Å². The Morgan fingerprint density at radius 2 is 1.90 bits per heavy atom. The Morgan fingerprint density at radius 3 is 2.67 bits per heavy atom. The maximum Gasteiger partial charge on any atom is 0.253 e. The van der Waals surface area contributed by atoms with Gasteiger partial charge in [-0.15, -0.1) is 24.8 Å². The summed E-state index contributed by atoms with van der Waals surface area (Å²) in [6, 6.07) is 1.13. The number of hydrogen-bond acceptors (Lipinski definition) is 4. The lowest BCUT2D eigenvalue weighted by atomic mass is 10.1. The van der Waals surface area contributed by atoms with Crippen LogP contribution < -0.4 is 5.32 Å². The van der Waals surface area contributed by atoms with Gasteiger partial charge in [0.1, 0.15) is 6.10 Å². The Labute approximate surface area is 139 Å². The Hall–Kier alpha value is -0.0700. The third-order valence-electron chi connectivity index (χ3n) is 4.71. The lowest BCUT2D eigenvalue weighted by Crippen LogP contribution is -2.52. The van der Waals surface area contributed by atoms with Gasteiger partial charge in [-0.05, 0) is 25.8 Å². The zero-order valence-electron chi connectivity index (χ0n) is 12.6. The van der Waals surface area contributed by atoms with Crippen molar-refractivity contribution in [2.75, 3.05) is 39.3 Å². The number of hydrogen-bond donors (Lipinski definition) is 1. The van der Waals surface area contributed by atoms with Gasteiger partial charge in [0.25, 0.3) is 5.91 Å². The predicted molar refractivity (Wildman–Crippen MR) is 87.5 cm³/mol. The molecule has 3 atom stereocenters. The molecule has 0 aromatic rings. The number of halogens is 2. The van der Waals surface area contributed by atoms with Gasteiger partial charge in [0.2, 0.25) is 0 Å². The lowest BCUT2D eigenvalue weighted by Gasteiger charge is -2.35. The molecular formula is C14H27Cl2N3O2. The highest BCUT2D eigenvalue weighted by molar-refractivity contribution is 5.85. The highest BCUT2D eigenvalue weighted by atomic mass is 35.5. The number of amides is 1. The zero-order chi connectivity index (χ0) is 13.2. The van der Waals surface area contributed by atoms with Crippen molar-refractivity contribution >= 4 is 30.7 Å². The summed E-state index contributed by atoms with van der Waals surface area (Å²) in [6.45, 7) is 7.28. The summed E-state index contributed by atoms with van der Waals surface area (Å²) in [5.74, 6) is 0.201. The number of rotatable bonds is 2. The maximum absolute atomic E-state index is 12.6. The molecule has 3 unspecified atom stereocenters. The van der Waals surface area contributed by atoms with Crippen LogP contribution in [0.1, 0.15) is 26.2 Å². The molecule has 1 N–H and O–H groups in total. The van der Waals surface area contributed by atoms with E-state index in [2.05, 4.69) is 17.1 Å². The van der Waals surface area contributed by atoms with Gasteiger partial charge >= 0.3 is 0 Å². The van der Waals surface area contributed by atoms with Crippen LogP contribution in [0.4, 0.5) is 0 Å². The molecule has 0 saturated carbocycles. The van der Waals surface area contributed by atoms with Gasteiger partial charge in [-0.1, -0.05) is 6.92 Å². The summed E-state index contributed by atoms with van der Waals surface area (Å²) >= 11 is 0. The van der Waals surface area contributed by atoms with Gasteiger partial charge in [-0.3, -0.25) is 9.69 Å². The molecule has 0 aromatic heterocycles. The van der Waals surface area contributed by atoms with Crippen LogP contribution in [0.5, 0.6) is 0 Å². The van der Waals surface area contributed by atoms with Crippen molar-refractivity contribution in [3.05, 3.63) is 0 Å². The van der Waals surface area contributed by atoms with E-state index in [0.717, 1.165) is 39.1 Å². The Bertz CT molecular complexity index is 346. The number of likely N-dealkylation sites (tertiary alicyclic amines) is 1. The molecule has 3 fully saturated rings. The summed E-state index contributed by atoms with van der Waals surface area (Å²) < 4.78 is 5.69. The standard InChI is InChI=1S/C14H25N3O2.2ClH/c1-2-16-7-8-19-13(10-16)14(18)17-6-5-11-3-4-12(9-17)15-11;;/h11-13,15H,2-10H2,1H3;2*1H. The SMILES string of the molecule is CCN1CCOC(C(=O)N2CCC3CCC(C2)N3)C1.Cl.Cl. The van der Waals surface area contributed by atoms with Crippen molar-refractivity contribution in [1.82, 2.24) is 15.1 Å². The van der Waals surface area contributed by atoms with E-state index in [1.54, 1.807) is 0 Å². The number of morpholine rings is 1.